The molecule has 0 bridgehead atoms. The Labute approximate surface area is 115 Å². The monoisotopic (exact) mass is 274 g/mol. The topological polar surface area (TPSA) is 66.9 Å². The van der Waals surface area contributed by atoms with Crippen LogP contribution in [0, 0.1) is 0 Å². The molecule has 20 heavy (non-hydrogen) atoms. The van der Waals surface area contributed by atoms with Crippen molar-refractivity contribution in [1.29, 1.82) is 0 Å². The maximum Gasteiger partial charge on any atom is 0.261 e. The predicted molar refractivity (Wildman–Crippen MR) is 69.2 cm³/mol. The van der Waals surface area contributed by atoms with Gasteiger partial charge in [-0.2, -0.15) is 0 Å². The zero-order chi connectivity index (χ0) is 14.4. The van der Waals surface area contributed by atoms with E-state index in [9.17, 15) is 14.4 Å². The molecule has 0 aromatic heterocycles. The summed E-state index contributed by atoms with van der Waals surface area (Å²) in [4.78, 5) is 39.1. The molecule has 2 aliphatic heterocycles. The van der Waals surface area contributed by atoms with Gasteiger partial charge in [-0.05, 0) is 24.6 Å². The Morgan fingerprint density at radius 2 is 1.70 bits per heavy atom. The molecule has 6 heteroatoms. The zero-order valence-corrected chi connectivity index (χ0v) is 11.3. The third-order valence-electron chi connectivity index (χ3n) is 3.63. The van der Waals surface area contributed by atoms with Gasteiger partial charge in [-0.15, -0.1) is 0 Å². The highest BCUT2D eigenvalue weighted by Crippen LogP contribution is 2.28. The summed E-state index contributed by atoms with van der Waals surface area (Å²) in [7, 11) is 1.63. The van der Waals surface area contributed by atoms with Gasteiger partial charge in [0.1, 0.15) is 6.73 Å². The molecule has 0 N–H and O–H groups in total. The first-order chi connectivity index (χ1) is 9.54. The van der Waals surface area contributed by atoms with Crippen LogP contribution in [0.25, 0.3) is 0 Å². The number of carbonyl (C=O) groups excluding carboxylic acids is 3. The van der Waals surface area contributed by atoms with Crippen LogP contribution < -0.4 is 0 Å². The number of benzene rings is 1. The first-order valence-corrected chi connectivity index (χ1v) is 6.41. The van der Waals surface area contributed by atoms with Crippen molar-refractivity contribution in [2.24, 2.45) is 0 Å². The normalized spacial score (nSPS) is 18.2. The van der Waals surface area contributed by atoms with Gasteiger partial charge in [-0.25, -0.2) is 0 Å². The van der Waals surface area contributed by atoms with Gasteiger partial charge in [0.15, 0.2) is 0 Å². The molecule has 0 saturated heterocycles. The van der Waals surface area contributed by atoms with Crippen LogP contribution in [0.5, 0.6) is 0 Å². The lowest BCUT2D eigenvalue weighted by Gasteiger charge is -2.13. The molecule has 0 unspecified atom stereocenters. The second-order valence-electron chi connectivity index (χ2n) is 4.89. The summed E-state index contributed by atoms with van der Waals surface area (Å²) >= 11 is 0. The molecular formula is C14H14N2O4. The average molecular weight is 274 g/mol. The molecule has 6 nitrogen and oxygen atoms in total. The van der Waals surface area contributed by atoms with Crippen LogP contribution in [-0.2, 0) is 11.3 Å². The largest absolute Gasteiger partial charge is 0.356 e. The number of fused-ring (bicyclic) bond motifs is 2. The van der Waals surface area contributed by atoms with E-state index in [4.69, 9.17) is 4.74 Å². The van der Waals surface area contributed by atoms with E-state index in [0.717, 1.165) is 0 Å². The number of imide groups is 1. The van der Waals surface area contributed by atoms with E-state index in [1.807, 2.05) is 0 Å². The van der Waals surface area contributed by atoms with Crippen LogP contribution in [0.2, 0.25) is 0 Å². The standard InChI is InChI=1S/C14H14N2O4/c1-3-16-13(18)10-4-8-6-20-7-15(2)12(17)9(8)5-11(10)14(16)19/h4-5H,3,6-7H2,1-2H3. The molecule has 0 spiro atoms. The lowest BCUT2D eigenvalue weighted by molar-refractivity contribution is 0.0339. The Morgan fingerprint density at radius 3 is 2.35 bits per heavy atom. The van der Waals surface area contributed by atoms with Gasteiger partial charge >= 0.3 is 0 Å². The van der Waals surface area contributed by atoms with Gasteiger partial charge in [-0.1, -0.05) is 0 Å². The summed E-state index contributed by atoms with van der Waals surface area (Å²) in [6.45, 7) is 2.52. The molecule has 1 aromatic carbocycles. The number of ether oxygens (including phenoxy) is 1. The molecule has 3 rings (SSSR count). The van der Waals surface area contributed by atoms with Crippen molar-refractivity contribution in [2.45, 2.75) is 13.5 Å². The third-order valence-corrected chi connectivity index (χ3v) is 3.63. The fourth-order valence-corrected chi connectivity index (χ4v) is 2.54. The molecule has 0 atom stereocenters. The molecule has 104 valence electrons. The molecule has 0 aliphatic carbocycles. The second-order valence-corrected chi connectivity index (χ2v) is 4.89. The summed E-state index contributed by atoms with van der Waals surface area (Å²) < 4.78 is 5.37. The minimum atomic E-state index is -0.337. The van der Waals surface area contributed by atoms with Crippen LogP contribution in [0.4, 0.5) is 0 Å². The van der Waals surface area contributed by atoms with Crippen LogP contribution in [-0.4, -0.2) is 47.8 Å². The fourth-order valence-electron chi connectivity index (χ4n) is 2.54. The van der Waals surface area contributed by atoms with Gasteiger partial charge in [0, 0.05) is 19.2 Å². The van der Waals surface area contributed by atoms with Crippen molar-refractivity contribution >= 4 is 17.7 Å². The third kappa shape index (κ3) is 1.65. The summed E-state index contributed by atoms with van der Waals surface area (Å²) in [6.07, 6.45) is 0. The van der Waals surface area contributed by atoms with Crippen LogP contribution >= 0.6 is 0 Å². The lowest BCUT2D eigenvalue weighted by Crippen LogP contribution is -2.29. The summed E-state index contributed by atoms with van der Waals surface area (Å²) in [5.41, 5.74) is 1.75. The van der Waals surface area contributed by atoms with Crippen LogP contribution in [0.1, 0.15) is 43.6 Å². The van der Waals surface area contributed by atoms with Gasteiger partial charge in [-0.3, -0.25) is 19.3 Å². The Bertz CT molecular complexity index is 638. The minimum Gasteiger partial charge on any atom is -0.356 e. The quantitative estimate of drug-likeness (QED) is 0.712. The zero-order valence-electron chi connectivity index (χ0n) is 11.3. The van der Waals surface area contributed by atoms with Crippen molar-refractivity contribution in [2.75, 3.05) is 20.3 Å². The Kier molecular flexibility index (Phi) is 2.83. The van der Waals surface area contributed by atoms with E-state index in [0.29, 0.717) is 28.8 Å². The number of amides is 3. The minimum absolute atomic E-state index is 0.196. The lowest BCUT2D eigenvalue weighted by atomic mass is 9.99. The number of rotatable bonds is 1. The Morgan fingerprint density at radius 1 is 1.05 bits per heavy atom. The number of nitrogens with zero attached hydrogens (tertiary/aromatic N) is 2. The van der Waals surface area contributed by atoms with E-state index in [2.05, 4.69) is 0 Å². The molecular weight excluding hydrogens is 260 g/mol. The van der Waals surface area contributed by atoms with E-state index in [1.54, 1.807) is 20.0 Å². The van der Waals surface area contributed by atoms with E-state index in [-0.39, 0.29) is 31.1 Å². The van der Waals surface area contributed by atoms with Crippen molar-refractivity contribution in [3.8, 4) is 0 Å². The smallest absolute Gasteiger partial charge is 0.261 e. The van der Waals surface area contributed by atoms with Crippen molar-refractivity contribution < 1.29 is 19.1 Å². The maximum absolute atomic E-state index is 12.2. The molecule has 0 saturated carbocycles. The van der Waals surface area contributed by atoms with Gasteiger partial charge in [0.2, 0.25) is 0 Å². The van der Waals surface area contributed by atoms with Crippen LogP contribution in [0.3, 0.4) is 0 Å². The van der Waals surface area contributed by atoms with Crippen molar-refractivity contribution in [3.05, 3.63) is 34.4 Å². The highest BCUT2D eigenvalue weighted by Gasteiger charge is 2.36. The van der Waals surface area contributed by atoms with Gasteiger partial charge in [0.25, 0.3) is 17.7 Å². The van der Waals surface area contributed by atoms with E-state index in [1.165, 1.54) is 15.9 Å². The first kappa shape index (κ1) is 12.8. The number of hydrogen-bond donors (Lipinski definition) is 0. The number of hydrogen-bond acceptors (Lipinski definition) is 4. The average Bonchev–Trinajstić information content (AvgIpc) is 2.58. The molecule has 3 amide bonds. The van der Waals surface area contributed by atoms with Crippen LogP contribution in [0.15, 0.2) is 12.1 Å². The second kappa shape index (κ2) is 4.42. The molecule has 0 radical (unpaired) electrons. The molecule has 1 aromatic rings. The van der Waals surface area contributed by atoms with Crippen molar-refractivity contribution in [1.82, 2.24) is 9.80 Å². The highest BCUT2D eigenvalue weighted by molar-refractivity contribution is 6.22. The summed E-state index contributed by atoms with van der Waals surface area (Å²) in [6, 6.07) is 3.13. The SMILES string of the molecule is CCN1C(=O)c2cc3c(cc2C1=O)C(=O)N(C)COC3. The van der Waals surface area contributed by atoms with Crippen molar-refractivity contribution in [3.63, 3.8) is 0 Å². The molecule has 2 heterocycles. The fraction of sp³-hybridized carbons (Fsp3) is 0.357. The first-order valence-electron chi connectivity index (χ1n) is 6.41. The molecule has 0 fully saturated rings. The predicted octanol–water partition coefficient (Wildman–Crippen LogP) is 0.862. The highest BCUT2D eigenvalue weighted by atomic mass is 16.5. The molecule has 2 aliphatic rings. The van der Waals surface area contributed by atoms with E-state index < -0.39 is 0 Å². The van der Waals surface area contributed by atoms with Gasteiger partial charge in [0.05, 0.1) is 17.7 Å². The maximum atomic E-state index is 12.2. The summed E-state index contributed by atoms with van der Waals surface area (Å²) in [5, 5.41) is 0. The Hall–Kier alpha value is -2.21. The Balaban J connectivity index is 2.16. The van der Waals surface area contributed by atoms with Gasteiger partial charge < -0.3 is 9.64 Å². The van der Waals surface area contributed by atoms with E-state index >= 15 is 0 Å². The summed E-state index contributed by atoms with van der Waals surface area (Å²) in [5.74, 6) is -0.841. The number of carbonyl (C=O) groups is 3.